The molecule has 6 nitrogen and oxygen atoms in total. The molecule has 0 aliphatic rings. The molecule has 0 saturated heterocycles. The van der Waals surface area contributed by atoms with Gasteiger partial charge in [-0.1, -0.05) is 18.2 Å². The third-order valence-electron chi connectivity index (χ3n) is 4.01. The van der Waals surface area contributed by atoms with E-state index >= 15 is 0 Å². The third-order valence-corrected chi connectivity index (χ3v) is 4.01. The Morgan fingerprint density at radius 3 is 2.64 bits per heavy atom. The van der Waals surface area contributed by atoms with Crippen molar-refractivity contribution in [2.45, 2.75) is 33.4 Å². The number of ether oxygens (including phenoxy) is 1. The molecule has 2 N–H and O–H groups in total. The molecule has 0 aliphatic heterocycles. The van der Waals surface area contributed by atoms with E-state index in [0.717, 1.165) is 35.2 Å². The maximum atomic E-state index is 6.02. The summed E-state index contributed by atoms with van der Waals surface area (Å²) in [6, 6.07) is 12.1. The first-order valence-electron chi connectivity index (χ1n) is 9.36. The summed E-state index contributed by atoms with van der Waals surface area (Å²) in [5.41, 5.74) is 2.26. The van der Waals surface area contributed by atoms with E-state index in [1.807, 2.05) is 49.5 Å². The molecular formula is C21H32IN5O. The van der Waals surface area contributed by atoms with Crippen molar-refractivity contribution in [3.05, 3.63) is 53.7 Å². The van der Waals surface area contributed by atoms with Crippen LogP contribution in [0.25, 0.3) is 0 Å². The van der Waals surface area contributed by atoms with Crippen LogP contribution in [0.5, 0.6) is 5.75 Å². The summed E-state index contributed by atoms with van der Waals surface area (Å²) in [5, 5.41) is 6.63. The highest BCUT2D eigenvalue weighted by molar-refractivity contribution is 14.0. The SMILES string of the molecule is CCNC(=NCc1ccnc(N(C)C)c1)NCC(C)Oc1ccccc1C.I. The van der Waals surface area contributed by atoms with Gasteiger partial charge < -0.3 is 20.3 Å². The fourth-order valence-corrected chi connectivity index (χ4v) is 2.50. The summed E-state index contributed by atoms with van der Waals surface area (Å²) in [4.78, 5) is 11.0. The van der Waals surface area contributed by atoms with Crippen LogP contribution in [0.3, 0.4) is 0 Å². The first-order chi connectivity index (χ1) is 13.0. The highest BCUT2D eigenvalue weighted by Crippen LogP contribution is 2.17. The normalized spacial score (nSPS) is 12.0. The molecule has 1 aromatic carbocycles. The largest absolute Gasteiger partial charge is 0.489 e. The first kappa shape index (κ1) is 24.0. The van der Waals surface area contributed by atoms with Crippen LogP contribution in [0.15, 0.2) is 47.6 Å². The van der Waals surface area contributed by atoms with Crippen LogP contribution < -0.4 is 20.3 Å². The van der Waals surface area contributed by atoms with E-state index in [4.69, 9.17) is 4.74 Å². The van der Waals surface area contributed by atoms with E-state index in [9.17, 15) is 0 Å². The third kappa shape index (κ3) is 7.92. The summed E-state index contributed by atoms with van der Waals surface area (Å²) >= 11 is 0. The van der Waals surface area contributed by atoms with Gasteiger partial charge >= 0.3 is 0 Å². The summed E-state index contributed by atoms with van der Waals surface area (Å²) in [7, 11) is 3.97. The van der Waals surface area contributed by atoms with Gasteiger partial charge in [-0.3, -0.25) is 0 Å². The molecule has 1 unspecified atom stereocenters. The van der Waals surface area contributed by atoms with Gasteiger partial charge in [-0.25, -0.2) is 9.98 Å². The molecule has 1 aromatic heterocycles. The number of pyridine rings is 1. The van der Waals surface area contributed by atoms with Crippen LogP contribution >= 0.6 is 24.0 Å². The molecular weight excluding hydrogens is 465 g/mol. The summed E-state index contributed by atoms with van der Waals surface area (Å²) in [6.45, 7) is 8.22. The van der Waals surface area contributed by atoms with E-state index in [0.29, 0.717) is 13.1 Å². The zero-order chi connectivity index (χ0) is 19.6. The molecule has 7 heteroatoms. The molecule has 0 bridgehead atoms. The molecule has 154 valence electrons. The summed E-state index contributed by atoms with van der Waals surface area (Å²) in [6.07, 6.45) is 1.84. The van der Waals surface area contributed by atoms with E-state index in [2.05, 4.69) is 53.5 Å². The fraction of sp³-hybridized carbons (Fsp3) is 0.429. The predicted octanol–water partition coefficient (Wildman–Crippen LogP) is 3.60. The lowest BCUT2D eigenvalue weighted by Crippen LogP contribution is -2.41. The number of para-hydroxylation sites is 1. The average molecular weight is 497 g/mol. The average Bonchev–Trinajstić information content (AvgIpc) is 2.66. The van der Waals surface area contributed by atoms with Gasteiger partial charge in [0, 0.05) is 26.8 Å². The van der Waals surface area contributed by atoms with E-state index in [1.54, 1.807) is 0 Å². The number of hydrogen-bond acceptors (Lipinski definition) is 4. The Bertz CT molecular complexity index is 751. The standard InChI is InChI=1S/C21H31N5O.HI/c1-6-22-21(25-15-18-11-12-23-20(13-18)26(4)5)24-14-17(3)27-19-10-8-7-9-16(19)2;/h7-13,17H,6,14-15H2,1-5H3,(H2,22,24,25);1H. The highest BCUT2D eigenvalue weighted by atomic mass is 127. The molecule has 2 aromatic rings. The number of guanidine groups is 1. The van der Waals surface area contributed by atoms with Crippen molar-refractivity contribution in [2.75, 3.05) is 32.1 Å². The van der Waals surface area contributed by atoms with Crippen molar-refractivity contribution >= 4 is 35.8 Å². The molecule has 0 fully saturated rings. The first-order valence-corrected chi connectivity index (χ1v) is 9.36. The maximum absolute atomic E-state index is 6.02. The number of aliphatic imine (C=N–C) groups is 1. The van der Waals surface area contributed by atoms with Crippen LogP contribution in [-0.4, -0.2) is 44.2 Å². The predicted molar refractivity (Wildman–Crippen MR) is 128 cm³/mol. The van der Waals surface area contributed by atoms with Crippen molar-refractivity contribution in [3.63, 3.8) is 0 Å². The Morgan fingerprint density at radius 1 is 1.21 bits per heavy atom. The number of hydrogen-bond donors (Lipinski definition) is 2. The van der Waals surface area contributed by atoms with Crippen LogP contribution in [0, 0.1) is 6.92 Å². The molecule has 28 heavy (non-hydrogen) atoms. The Morgan fingerprint density at radius 2 is 1.96 bits per heavy atom. The van der Waals surface area contributed by atoms with Crippen LogP contribution in [-0.2, 0) is 6.54 Å². The zero-order valence-corrected chi connectivity index (χ0v) is 19.7. The van der Waals surface area contributed by atoms with E-state index in [1.165, 1.54) is 0 Å². The quantitative estimate of drug-likeness (QED) is 0.332. The van der Waals surface area contributed by atoms with Gasteiger partial charge in [0.15, 0.2) is 5.96 Å². The number of halogens is 1. The van der Waals surface area contributed by atoms with Gasteiger partial charge in [-0.05, 0) is 50.1 Å². The van der Waals surface area contributed by atoms with Gasteiger partial charge in [0.2, 0.25) is 0 Å². The molecule has 0 aliphatic carbocycles. The van der Waals surface area contributed by atoms with Crippen molar-refractivity contribution < 1.29 is 4.74 Å². The lowest BCUT2D eigenvalue weighted by atomic mass is 10.2. The maximum Gasteiger partial charge on any atom is 0.191 e. The second kappa shape index (κ2) is 12.4. The van der Waals surface area contributed by atoms with Gasteiger partial charge in [-0.15, -0.1) is 24.0 Å². The molecule has 0 saturated carbocycles. The van der Waals surface area contributed by atoms with E-state index < -0.39 is 0 Å². The summed E-state index contributed by atoms with van der Waals surface area (Å²) < 4.78 is 6.02. The van der Waals surface area contributed by atoms with Crippen LogP contribution in [0.1, 0.15) is 25.0 Å². The lowest BCUT2D eigenvalue weighted by molar-refractivity contribution is 0.222. The minimum absolute atomic E-state index is 0. The number of rotatable bonds is 8. The Labute approximate surface area is 185 Å². The number of anilines is 1. The van der Waals surface area contributed by atoms with Gasteiger partial charge in [0.25, 0.3) is 0 Å². The van der Waals surface area contributed by atoms with Crippen molar-refractivity contribution in [1.82, 2.24) is 15.6 Å². The molecule has 0 radical (unpaired) electrons. The van der Waals surface area contributed by atoms with E-state index in [-0.39, 0.29) is 30.1 Å². The second-order valence-corrected chi connectivity index (χ2v) is 6.69. The number of aryl methyl sites for hydroxylation is 1. The van der Waals surface area contributed by atoms with Gasteiger partial charge in [0.05, 0.1) is 13.1 Å². The topological polar surface area (TPSA) is 61.8 Å². The van der Waals surface area contributed by atoms with Gasteiger partial charge in [-0.2, -0.15) is 0 Å². The fourth-order valence-electron chi connectivity index (χ4n) is 2.50. The monoisotopic (exact) mass is 497 g/mol. The Kier molecular flexibility index (Phi) is 10.7. The molecule has 0 amide bonds. The number of aromatic nitrogens is 1. The van der Waals surface area contributed by atoms with Crippen molar-refractivity contribution in [3.8, 4) is 5.75 Å². The molecule has 0 spiro atoms. The van der Waals surface area contributed by atoms with Gasteiger partial charge in [0.1, 0.15) is 17.7 Å². The van der Waals surface area contributed by atoms with Crippen molar-refractivity contribution in [2.24, 2.45) is 4.99 Å². The molecule has 2 rings (SSSR count). The van der Waals surface area contributed by atoms with Crippen LogP contribution in [0.2, 0.25) is 0 Å². The highest BCUT2D eigenvalue weighted by Gasteiger charge is 2.07. The minimum Gasteiger partial charge on any atom is -0.489 e. The van der Waals surface area contributed by atoms with Crippen LogP contribution in [0.4, 0.5) is 5.82 Å². The zero-order valence-electron chi connectivity index (χ0n) is 17.4. The van der Waals surface area contributed by atoms with Crippen molar-refractivity contribution in [1.29, 1.82) is 0 Å². The smallest absolute Gasteiger partial charge is 0.191 e. The molecule has 1 atom stereocenters. The number of benzene rings is 1. The lowest BCUT2D eigenvalue weighted by Gasteiger charge is -2.19. The number of nitrogens with zero attached hydrogens (tertiary/aromatic N) is 3. The number of nitrogens with one attached hydrogen (secondary N) is 2. The minimum atomic E-state index is 0. The molecule has 1 heterocycles. The summed E-state index contributed by atoms with van der Waals surface area (Å²) in [5.74, 6) is 2.63. The second-order valence-electron chi connectivity index (χ2n) is 6.69. The Hall–Kier alpha value is -2.03. The Balaban J connectivity index is 0.00000392.